The van der Waals surface area contributed by atoms with E-state index in [2.05, 4.69) is 10.6 Å². The van der Waals surface area contributed by atoms with Crippen LogP contribution in [0.25, 0.3) is 0 Å². The maximum Gasteiger partial charge on any atom is 0.315 e. The second-order valence-corrected chi connectivity index (χ2v) is 5.87. The average molecular weight is 366 g/mol. The fraction of sp³-hybridized carbons (Fsp3) is 0.316. The predicted octanol–water partition coefficient (Wildman–Crippen LogP) is 3.90. The number of alkyl halides is 2. The normalized spacial score (nSPS) is 11.9. The van der Waals surface area contributed by atoms with Crippen molar-refractivity contribution in [3.8, 4) is 5.75 Å². The zero-order valence-electron chi connectivity index (χ0n) is 14.3. The Morgan fingerprint density at radius 1 is 1.15 bits per heavy atom. The van der Waals surface area contributed by atoms with E-state index >= 15 is 0 Å². The van der Waals surface area contributed by atoms with E-state index in [1.54, 1.807) is 49.4 Å². The zero-order valence-corrected chi connectivity index (χ0v) is 14.3. The Kier molecular flexibility index (Phi) is 7.32. The fourth-order valence-corrected chi connectivity index (χ4v) is 2.41. The van der Waals surface area contributed by atoms with Gasteiger partial charge in [0.05, 0.1) is 0 Å². The van der Waals surface area contributed by atoms with Gasteiger partial charge in [0.15, 0.2) is 0 Å². The molecule has 1 unspecified atom stereocenters. The summed E-state index contributed by atoms with van der Waals surface area (Å²) < 4.78 is 42.9. The molecule has 0 fully saturated rings. The molecule has 0 radical (unpaired) electrons. The minimum atomic E-state index is -2.54. The lowest BCUT2D eigenvalue weighted by Gasteiger charge is -2.15. The lowest BCUT2D eigenvalue weighted by molar-refractivity contribution is 0.0818. The Hall–Kier alpha value is -2.70. The Bertz CT molecular complexity index is 725. The summed E-state index contributed by atoms with van der Waals surface area (Å²) in [4.78, 5) is 12.0. The summed E-state index contributed by atoms with van der Waals surface area (Å²) in [6, 6.07) is 12.3. The minimum absolute atomic E-state index is 0.212. The summed E-state index contributed by atoms with van der Waals surface area (Å²) in [5.41, 5.74) is 1.25. The van der Waals surface area contributed by atoms with E-state index in [1.807, 2.05) is 0 Å². The molecular formula is C19H21F3N2O2. The molecule has 0 aliphatic heterocycles. The molecule has 0 heterocycles. The number of amides is 2. The molecule has 0 saturated heterocycles. The van der Waals surface area contributed by atoms with Crippen LogP contribution >= 0.6 is 0 Å². The number of hydrogen-bond acceptors (Lipinski definition) is 2. The third-order valence-corrected chi connectivity index (χ3v) is 3.59. The van der Waals surface area contributed by atoms with Crippen LogP contribution in [-0.4, -0.2) is 25.1 Å². The lowest BCUT2D eigenvalue weighted by atomic mass is 10.1. The number of nitrogens with one attached hydrogen (secondary N) is 2. The molecular weight excluding hydrogens is 345 g/mol. The van der Waals surface area contributed by atoms with Gasteiger partial charge in [-0.1, -0.05) is 30.3 Å². The molecule has 0 bridgehead atoms. The summed E-state index contributed by atoms with van der Waals surface area (Å²) in [7, 11) is 0. The van der Waals surface area contributed by atoms with Crippen LogP contribution in [0.3, 0.4) is 0 Å². The van der Waals surface area contributed by atoms with Crippen LogP contribution in [0.5, 0.6) is 5.75 Å². The summed E-state index contributed by atoms with van der Waals surface area (Å²) >= 11 is 0. The number of halogens is 3. The van der Waals surface area contributed by atoms with Gasteiger partial charge in [0, 0.05) is 12.6 Å². The van der Waals surface area contributed by atoms with Crippen molar-refractivity contribution in [2.45, 2.75) is 32.4 Å². The largest absolute Gasteiger partial charge is 0.488 e. The SMILES string of the molecule is CC(Cc1ccccc1F)NC(=O)NCc1cccc(OCC(F)F)c1. The van der Waals surface area contributed by atoms with Gasteiger partial charge in [0.25, 0.3) is 6.43 Å². The van der Waals surface area contributed by atoms with Crippen molar-refractivity contribution in [1.29, 1.82) is 0 Å². The summed E-state index contributed by atoms with van der Waals surface area (Å²) in [6.45, 7) is 1.32. The third kappa shape index (κ3) is 6.66. The van der Waals surface area contributed by atoms with Crippen LogP contribution in [-0.2, 0) is 13.0 Å². The van der Waals surface area contributed by atoms with Crippen molar-refractivity contribution in [2.24, 2.45) is 0 Å². The molecule has 26 heavy (non-hydrogen) atoms. The molecule has 2 amide bonds. The number of hydrogen-bond donors (Lipinski definition) is 2. The number of rotatable bonds is 8. The van der Waals surface area contributed by atoms with Gasteiger partial charge in [-0.15, -0.1) is 0 Å². The minimum Gasteiger partial charge on any atom is -0.488 e. The third-order valence-electron chi connectivity index (χ3n) is 3.59. The van der Waals surface area contributed by atoms with Gasteiger partial charge in [-0.05, 0) is 42.7 Å². The smallest absolute Gasteiger partial charge is 0.315 e. The van der Waals surface area contributed by atoms with Gasteiger partial charge in [-0.2, -0.15) is 0 Å². The van der Waals surface area contributed by atoms with Gasteiger partial charge in [0.1, 0.15) is 18.2 Å². The topological polar surface area (TPSA) is 50.4 Å². The van der Waals surface area contributed by atoms with Crippen LogP contribution in [0, 0.1) is 5.82 Å². The summed E-state index contributed by atoms with van der Waals surface area (Å²) in [5.74, 6) is 0.0140. The van der Waals surface area contributed by atoms with Gasteiger partial charge in [0.2, 0.25) is 0 Å². The van der Waals surface area contributed by atoms with E-state index in [9.17, 15) is 18.0 Å². The standard InChI is InChI=1S/C19H21F3N2O2/c1-13(9-15-6-2-3-8-17(15)20)24-19(25)23-11-14-5-4-7-16(10-14)26-12-18(21)22/h2-8,10,13,18H,9,11-12H2,1H3,(H2,23,24,25). The first kappa shape index (κ1) is 19.6. The number of benzene rings is 2. The molecule has 2 rings (SSSR count). The average Bonchev–Trinajstić information content (AvgIpc) is 2.60. The van der Waals surface area contributed by atoms with Crippen molar-refractivity contribution < 1.29 is 22.7 Å². The van der Waals surface area contributed by atoms with Crippen molar-refractivity contribution in [3.63, 3.8) is 0 Å². The van der Waals surface area contributed by atoms with Crippen LogP contribution < -0.4 is 15.4 Å². The summed E-state index contributed by atoms with van der Waals surface area (Å²) in [6.07, 6.45) is -2.17. The summed E-state index contributed by atoms with van der Waals surface area (Å²) in [5, 5.41) is 5.41. The maximum absolute atomic E-state index is 13.6. The Labute approximate surface area is 150 Å². The van der Waals surface area contributed by atoms with Gasteiger partial charge >= 0.3 is 6.03 Å². The molecule has 7 heteroatoms. The fourth-order valence-electron chi connectivity index (χ4n) is 2.41. The van der Waals surface area contributed by atoms with E-state index in [-0.39, 0.29) is 18.4 Å². The van der Waals surface area contributed by atoms with Crippen LogP contribution in [0.1, 0.15) is 18.1 Å². The molecule has 0 saturated carbocycles. The van der Waals surface area contributed by atoms with Gasteiger partial charge in [-0.25, -0.2) is 18.0 Å². The van der Waals surface area contributed by atoms with E-state index in [0.29, 0.717) is 23.3 Å². The van der Waals surface area contributed by atoms with Crippen LogP contribution in [0.15, 0.2) is 48.5 Å². The Balaban J connectivity index is 1.79. The molecule has 2 aromatic carbocycles. The molecule has 0 aliphatic rings. The number of carbonyl (C=O) groups is 1. The monoisotopic (exact) mass is 366 g/mol. The second-order valence-electron chi connectivity index (χ2n) is 5.87. The Morgan fingerprint density at radius 3 is 2.65 bits per heavy atom. The molecule has 0 spiro atoms. The predicted molar refractivity (Wildman–Crippen MR) is 92.9 cm³/mol. The van der Waals surface area contributed by atoms with E-state index in [4.69, 9.17) is 4.74 Å². The zero-order chi connectivity index (χ0) is 18.9. The van der Waals surface area contributed by atoms with Crippen molar-refractivity contribution in [2.75, 3.05) is 6.61 Å². The van der Waals surface area contributed by atoms with Gasteiger partial charge in [-0.3, -0.25) is 0 Å². The molecule has 2 aromatic rings. The van der Waals surface area contributed by atoms with Crippen LogP contribution in [0.2, 0.25) is 0 Å². The maximum atomic E-state index is 13.6. The van der Waals surface area contributed by atoms with Crippen molar-refractivity contribution in [3.05, 3.63) is 65.5 Å². The molecule has 0 aromatic heterocycles. The van der Waals surface area contributed by atoms with Crippen molar-refractivity contribution >= 4 is 6.03 Å². The number of urea groups is 1. The molecule has 140 valence electrons. The highest BCUT2D eigenvalue weighted by Gasteiger charge is 2.10. The van der Waals surface area contributed by atoms with Crippen molar-refractivity contribution in [1.82, 2.24) is 10.6 Å². The molecule has 1 atom stereocenters. The highest BCUT2D eigenvalue weighted by Crippen LogP contribution is 2.14. The van der Waals surface area contributed by atoms with E-state index in [1.165, 1.54) is 6.07 Å². The molecule has 2 N–H and O–H groups in total. The Morgan fingerprint density at radius 2 is 1.92 bits per heavy atom. The molecule has 4 nitrogen and oxygen atoms in total. The van der Waals surface area contributed by atoms with Gasteiger partial charge < -0.3 is 15.4 Å². The lowest BCUT2D eigenvalue weighted by Crippen LogP contribution is -2.41. The quantitative estimate of drug-likeness (QED) is 0.744. The highest BCUT2D eigenvalue weighted by atomic mass is 19.3. The first-order valence-corrected chi connectivity index (χ1v) is 8.21. The van der Waals surface area contributed by atoms with E-state index in [0.717, 1.165) is 0 Å². The van der Waals surface area contributed by atoms with Crippen LogP contribution in [0.4, 0.5) is 18.0 Å². The van der Waals surface area contributed by atoms with E-state index < -0.39 is 19.1 Å². The number of ether oxygens (including phenoxy) is 1. The highest BCUT2D eigenvalue weighted by molar-refractivity contribution is 5.74. The first-order chi connectivity index (χ1) is 12.4. The second kappa shape index (κ2) is 9.70. The molecule has 0 aliphatic carbocycles. The first-order valence-electron chi connectivity index (χ1n) is 8.21. The number of carbonyl (C=O) groups excluding carboxylic acids is 1.